The van der Waals surface area contributed by atoms with Crippen LogP contribution in [0.4, 0.5) is 10.1 Å². The average molecular weight is 206 g/mol. The van der Waals surface area contributed by atoms with Gasteiger partial charge >= 0.3 is 0 Å². The van der Waals surface area contributed by atoms with Crippen LogP contribution in [0.3, 0.4) is 0 Å². The van der Waals surface area contributed by atoms with E-state index in [-0.39, 0.29) is 17.3 Å². The van der Waals surface area contributed by atoms with Gasteiger partial charge in [0.2, 0.25) is 0 Å². The number of nitrogens with zero attached hydrogens (tertiary/aromatic N) is 1. The van der Waals surface area contributed by atoms with E-state index in [4.69, 9.17) is 5.73 Å². The van der Waals surface area contributed by atoms with Gasteiger partial charge in [0.05, 0.1) is 5.56 Å². The Hall–Kier alpha value is -1.62. The van der Waals surface area contributed by atoms with Crippen molar-refractivity contribution in [3.05, 3.63) is 29.6 Å². The largest absolute Gasteiger partial charge is 0.383 e. The van der Waals surface area contributed by atoms with Crippen molar-refractivity contribution in [3.63, 3.8) is 0 Å². The van der Waals surface area contributed by atoms with Crippen molar-refractivity contribution in [2.75, 3.05) is 18.4 Å². The molecule has 1 aromatic rings. The number of nitrogens with two attached hydrogens (primary N) is 1. The fourth-order valence-corrected chi connectivity index (χ4v) is 1.98. The number of nitrogens with one attached hydrogen (secondary N) is 2. The maximum absolute atomic E-state index is 13.5. The van der Waals surface area contributed by atoms with Gasteiger partial charge in [0, 0.05) is 18.8 Å². The zero-order valence-corrected chi connectivity index (χ0v) is 8.05. The summed E-state index contributed by atoms with van der Waals surface area (Å²) < 4.78 is 13.5. The minimum absolute atomic E-state index is 0.281. The van der Waals surface area contributed by atoms with Crippen molar-refractivity contribution in [1.82, 2.24) is 5.32 Å². The number of aliphatic imine (C=N–C) groups is 1. The molecule has 1 aromatic carbocycles. The lowest BCUT2D eigenvalue weighted by molar-refractivity contribution is 0.321. The van der Waals surface area contributed by atoms with Crippen LogP contribution in [0, 0.1) is 5.82 Å². The van der Waals surface area contributed by atoms with Crippen LogP contribution in [0.1, 0.15) is 5.56 Å². The van der Waals surface area contributed by atoms with Gasteiger partial charge in [-0.2, -0.15) is 0 Å². The van der Waals surface area contributed by atoms with E-state index in [1.807, 2.05) is 6.07 Å². The second-order valence-corrected chi connectivity index (χ2v) is 3.92. The van der Waals surface area contributed by atoms with E-state index in [1.165, 1.54) is 6.07 Å². The summed E-state index contributed by atoms with van der Waals surface area (Å²) in [5.74, 6) is -0.0493. The van der Waals surface area contributed by atoms with Gasteiger partial charge in [0.15, 0.2) is 5.66 Å². The van der Waals surface area contributed by atoms with Crippen molar-refractivity contribution in [1.29, 1.82) is 0 Å². The lowest BCUT2D eigenvalue weighted by atomic mass is 9.99. The molecular formula is C10H11FN4. The Balaban J connectivity index is 2.13. The summed E-state index contributed by atoms with van der Waals surface area (Å²) in [6.45, 7) is 1.45. The first-order valence-electron chi connectivity index (χ1n) is 4.83. The van der Waals surface area contributed by atoms with Crippen LogP contribution in [0.25, 0.3) is 0 Å². The van der Waals surface area contributed by atoms with Crippen LogP contribution in [-0.2, 0) is 0 Å². The number of fused-ring (bicyclic) bond motifs is 1. The van der Waals surface area contributed by atoms with Gasteiger partial charge in [-0.05, 0) is 12.1 Å². The van der Waals surface area contributed by atoms with Gasteiger partial charge < -0.3 is 16.4 Å². The van der Waals surface area contributed by atoms with Crippen molar-refractivity contribution in [2.24, 2.45) is 10.7 Å². The van der Waals surface area contributed by atoms with Crippen LogP contribution in [0.5, 0.6) is 0 Å². The molecule has 0 unspecified atom stereocenters. The van der Waals surface area contributed by atoms with Crippen LogP contribution in [0.2, 0.25) is 0 Å². The molecule has 4 N–H and O–H groups in total. The molecule has 1 fully saturated rings. The normalized spacial score (nSPS) is 21.3. The highest BCUT2D eigenvalue weighted by molar-refractivity contribution is 6.04. The molecule has 0 amide bonds. The summed E-state index contributed by atoms with van der Waals surface area (Å²) >= 11 is 0. The van der Waals surface area contributed by atoms with Crippen molar-refractivity contribution in [2.45, 2.75) is 5.66 Å². The minimum atomic E-state index is -0.356. The first kappa shape index (κ1) is 8.67. The smallest absolute Gasteiger partial charge is 0.157 e. The van der Waals surface area contributed by atoms with E-state index in [0.29, 0.717) is 5.56 Å². The van der Waals surface area contributed by atoms with Crippen LogP contribution >= 0.6 is 0 Å². The zero-order valence-electron chi connectivity index (χ0n) is 8.05. The quantitative estimate of drug-likeness (QED) is 0.570. The van der Waals surface area contributed by atoms with Crippen LogP contribution < -0.4 is 16.4 Å². The predicted octanol–water partition coefficient (Wildman–Crippen LogP) is 0.256. The van der Waals surface area contributed by atoms with Gasteiger partial charge in [-0.25, -0.2) is 9.38 Å². The number of benzene rings is 1. The molecule has 1 saturated heterocycles. The molecule has 5 heteroatoms. The first-order valence-corrected chi connectivity index (χ1v) is 4.83. The van der Waals surface area contributed by atoms with Gasteiger partial charge in [0.25, 0.3) is 0 Å². The molecule has 3 rings (SSSR count). The maximum atomic E-state index is 13.5. The highest BCUT2D eigenvalue weighted by Crippen LogP contribution is 2.30. The second-order valence-electron chi connectivity index (χ2n) is 3.92. The molecular weight excluding hydrogens is 195 g/mol. The fourth-order valence-electron chi connectivity index (χ4n) is 1.98. The Bertz CT molecular complexity index is 451. The molecule has 0 aromatic heterocycles. The predicted molar refractivity (Wildman–Crippen MR) is 56.3 cm³/mol. The third-order valence-corrected chi connectivity index (χ3v) is 2.81. The Kier molecular flexibility index (Phi) is 1.56. The zero-order chi connectivity index (χ0) is 10.5. The molecule has 2 heterocycles. The summed E-state index contributed by atoms with van der Waals surface area (Å²) in [7, 11) is 0. The van der Waals surface area contributed by atoms with E-state index in [1.54, 1.807) is 6.07 Å². The van der Waals surface area contributed by atoms with Crippen molar-refractivity contribution < 1.29 is 4.39 Å². The third-order valence-electron chi connectivity index (χ3n) is 2.81. The number of rotatable bonds is 0. The van der Waals surface area contributed by atoms with Gasteiger partial charge in [-0.15, -0.1) is 0 Å². The molecule has 4 nitrogen and oxygen atoms in total. The highest BCUT2D eigenvalue weighted by Gasteiger charge is 2.40. The summed E-state index contributed by atoms with van der Waals surface area (Å²) in [6, 6.07) is 4.87. The summed E-state index contributed by atoms with van der Waals surface area (Å²) in [5.41, 5.74) is 6.53. The van der Waals surface area contributed by atoms with Gasteiger partial charge in [0.1, 0.15) is 11.7 Å². The molecule has 2 aliphatic rings. The van der Waals surface area contributed by atoms with E-state index in [0.717, 1.165) is 18.8 Å². The molecule has 15 heavy (non-hydrogen) atoms. The Morgan fingerprint density at radius 3 is 2.87 bits per heavy atom. The molecule has 0 radical (unpaired) electrons. The monoisotopic (exact) mass is 206 g/mol. The second kappa shape index (κ2) is 2.70. The number of hydrogen-bond donors (Lipinski definition) is 3. The molecule has 0 saturated carbocycles. The summed E-state index contributed by atoms with van der Waals surface area (Å²) in [4.78, 5) is 4.30. The molecule has 1 spiro atoms. The lowest BCUT2D eigenvalue weighted by Gasteiger charge is -2.43. The molecule has 0 aliphatic carbocycles. The van der Waals surface area contributed by atoms with Gasteiger partial charge in [-0.3, -0.25) is 0 Å². The minimum Gasteiger partial charge on any atom is -0.383 e. The van der Waals surface area contributed by atoms with E-state index in [9.17, 15) is 4.39 Å². The van der Waals surface area contributed by atoms with Gasteiger partial charge in [-0.1, -0.05) is 6.07 Å². The average Bonchev–Trinajstić information content (AvgIpc) is 2.14. The molecule has 0 bridgehead atoms. The Morgan fingerprint density at radius 2 is 2.20 bits per heavy atom. The molecule has 2 aliphatic heterocycles. The number of halogens is 1. The van der Waals surface area contributed by atoms with E-state index >= 15 is 0 Å². The first-order chi connectivity index (χ1) is 7.20. The van der Waals surface area contributed by atoms with E-state index in [2.05, 4.69) is 15.6 Å². The standard InChI is InChI=1S/C10H11FN4/c11-6-2-1-3-7-8(6)9(12)15-10(14-7)4-13-5-10/h1-3,13-14H,4-5H2,(H2,12,15). The SMILES string of the molecule is NC1=NC2(CNC2)Nc2cccc(F)c21. The van der Waals surface area contributed by atoms with E-state index < -0.39 is 0 Å². The third kappa shape index (κ3) is 1.13. The summed E-state index contributed by atoms with van der Waals surface area (Å²) in [6.07, 6.45) is 0. The maximum Gasteiger partial charge on any atom is 0.157 e. The molecule has 0 atom stereocenters. The molecule has 78 valence electrons. The Labute approximate surface area is 86.4 Å². The summed E-state index contributed by atoms with van der Waals surface area (Å²) in [5, 5.41) is 6.33. The fraction of sp³-hybridized carbons (Fsp3) is 0.300. The topological polar surface area (TPSA) is 62.4 Å². The van der Waals surface area contributed by atoms with Crippen molar-refractivity contribution >= 4 is 11.5 Å². The number of hydrogen-bond acceptors (Lipinski definition) is 4. The number of anilines is 1. The van der Waals surface area contributed by atoms with Crippen molar-refractivity contribution in [3.8, 4) is 0 Å². The van der Waals surface area contributed by atoms with Crippen LogP contribution in [0.15, 0.2) is 23.2 Å². The number of amidine groups is 1. The van der Waals surface area contributed by atoms with Crippen LogP contribution in [-0.4, -0.2) is 24.6 Å². The Morgan fingerprint density at radius 1 is 1.40 bits per heavy atom. The highest BCUT2D eigenvalue weighted by atomic mass is 19.1. The lowest BCUT2D eigenvalue weighted by Crippen LogP contribution is -2.64.